The number of alkyl halides is 2. The molecular weight excluding hydrogens is 215 g/mol. The Morgan fingerprint density at radius 2 is 1.93 bits per heavy atom. The van der Waals surface area contributed by atoms with Crippen LogP contribution in [0.3, 0.4) is 0 Å². The number of benzene rings is 1. The molecule has 77 valence electrons. The van der Waals surface area contributed by atoms with Crippen LogP contribution in [0, 0.1) is 6.07 Å². The van der Waals surface area contributed by atoms with E-state index in [2.05, 4.69) is 18.2 Å². The van der Waals surface area contributed by atoms with E-state index in [0.29, 0.717) is 0 Å². The molecule has 14 heavy (non-hydrogen) atoms. The summed E-state index contributed by atoms with van der Waals surface area (Å²) in [5, 5.41) is 0.146. The van der Waals surface area contributed by atoms with Gasteiger partial charge in [-0.05, 0) is 37.8 Å². The molecule has 0 bridgehead atoms. The van der Waals surface area contributed by atoms with Crippen molar-refractivity contribution in [3.05, 3.63) is 35.9 Å². The Bertz CT molecular complexity index is 244. The zero-order chi connectivity index (χ0) is 10.4. The third-order valence-corrected chi connectivity index (χ3v) is 3.26. The molecule has 0 saturated heterocycles. The number of rotatable bonds is 5. The maximum atomic E-state index is 6.04. The number of aryl methyl sites for hydroxylation is 1. The fraction of sp³-hybridized carbons (Fsp3) is 0.500. The highest BCUT2D eigenvalue weighted by molar-refractivity contribution is 6.29. The molecule has 0 aliphatic heterocycles. The molecular formula is C12H15Cl2. The summed E-state index contributed by atoms with van der Waals surface area (Å²) < 4.78 is 0. The van der Waals surface area contributed by atoms with Gasteiger partial charge < -0.3 is 0 Å². The molecule has 0 spiro atoms. The lowest BCUT2D eigenvalue weighted by Crippen LogP contribution is -2.10. The van der Waals surface area contributed by atoms with E-state index < -0.39 is 0 Å². The SMILES string of the molecule is CC(Cl)C(Cl)CCCc1cc[c]cc1. The molecule has 0 saturated carbocycles. The summed E-state index contributed by atoms with van der Waals surface area (Å²) in [4.78, 5) is 0. The largest absolute Gasteiger partial charge is 0.122 e. The molecule has 2 unspecified atom stereocenters. The smallest absolute Gasteiger partial charge is 0.0497 e. The van der Waals surface area contributed by atoms with Crippen molar-refractivity contribution in [3.63, 3.8) is 0 Å². The molecule has 0 aromatic heterocycles. The minimum Gasteiger partial charge on any atom is -0.122 e. The Kier molecular flexibility index (Phi) is 5.36. The van der Waals surface area contributed by atoms with Crippen molar-refractivity contribution < 1.29 is 0 Å². The van der Waals surface area contributed by atoms with E-state index in [4.69, 9.17) is 23.2 Å². The van der Waals surface area contributed by atoms with Crippen LogP contribution in [0.2, 0.25) is 0 Å². The predicted octanol–water partition coefficient (Wildman–Crippen LogP) is 4.04. The molecule has 0 nitrogen and oxygen atoms in total. The van der Waals surface area contributed by atoms with Gasteiger partial charge in [0.05, 0.1) is 0 Å². The fourth-order valence-corrected chi connectivity index (χ4v) is 1.60. The summed E-state index contributed by atoms with van der Waals surface area (Å²) in [6.07, 6.45) is 3.14. The van der Waals surface area contributed by atoms with Gasteiger partial charge >= 0.3 is 0 Å². The Hall–Kier alpha value is -0.200. The zero-order valence-electron chi connectivity index (χ0n) is 8.34. The third-order valence-electron chi connectivity index (χ3n) is 2.23. The lowest BCUT2D eigenvalue weighted by molar-refractivity contribution is 0.679. The van der Waals surface area contributed by atoms with Crippen molar-refractivity contribution in [2.45, 2.75) is 36.9 Å². The van der Waals surface area contributed by atoms with Crippen LogP contribution in [-0.4, -0.2) is 10.8 Å². The predicted molar refractivity (Wildman–Crippen MR) is 63.2 cm³/mol. The van der Waals surface area contributed by atoms with Gasteiger partial charge in [0.1, 0.15) is 0 Å². The van der Waals surface area contributed by atoms with E-state index in [9.17, 15) is 0 Å². The molecule has 1 rings (SSSR count). The van der Waals surface area contributed by atoms with Crippen molar-refractivity contribution in [2.75, 3.05) is 0 Å². The van der Waals surface area contributed by atoms with E-state index in [1.807, 2.05) is 19.1 Å². The summed E-state index contributed by atoms with van der Waals surface area (Å²) >= 11 is 11.9. The van der Waals surface area contributed by atoms with Gasteiger partial charge in [-0.25, -0.2) is 0 Å². The van der Waals surface area contributed by atoms with E-state index in [-0.39, 0.29) is 10.8 Å². The Morgan fingerprint density at radius 1 is 1.29 bits per heavy atom. The molecule has 0 N–H and O–H groups in total. The number of halogens is 2. The first-order valence-electron chi connectivity index (χ1n) is 4.93. The Balaban J connectivity index is 2.22. The second kappa shape index (κ2) is 6.31. The molecule has 0 aliphatic carbocycles. The van der Waals surface area contributed by atoms with Crippen LogP contribution in [0.15, 0.2) is 24.3 Å². The Labute approximate surface area is 96.2 Å². The van der Waals surface area contributed by atoms with Crippen LogP contribution in [0.5, 0.6) is 0 Å². The maximum absolute atomic E-state index is 6.04. The molecule has 2 heteroatoms. The van der Waals surface area contributed by atoms with Crippen LogP contribution in [0.4, 0.5) is 0 Å². The van der Waals surface area contributed by atoms with Crippen LogP contribution in [0.1, 0.15) is 25.3 Å². The molecule has 0 fully saturated rings. The minimum absolute atomic E-state index is 0.0563. The molecule has 0 heterocycles. The van der Waals surface area contributed by atoms with Gasteiger partial charge in [0.2, 0.25) is 0 Å². The molecule has 2 atom stereocenters. The first-order chi connectivity index (χ1) is 6.70. The minimum atomic E-state index is 0.0563. The van der Waals surface area contributed by atoms with Crippen molar-refractivity contribution in [2.24, 2.45) is 0 Å². The van der Waals surface area contributed by atoms with Crippen LogP contribution in [0.25, 0.3) is 0 Å². The first-order valence-corrected chi connectivity index (χ1v) is 5.80. The summed E-state index contributed by atoms with van der Waals surface area (Å²) in [7, 11) is 0. The highest BCUT2D eigenvalue weighted by atomic mass is 35.5. The van der Waals surface area contributed by atoms with Crippen molar-refractivity contribution >= 4 is 23.2 Å². The van der Waals surface area contributed by atoms with Crippen LogP contribution >= 0.6 is 23.2 Å². The van der Waals surface area contributed by atoms with E-state index in [0.717, 1.165) is 19.3 Å². The highest BCUT2D eigenvalue weighted by Crippen LogP contribution is 2.16. The van der Waals surface area contributed by atoms with Gasteiger partial charge in [-0.3, -0.25) is 0 Å². The summed E-state index contributed by atoms with van der Waals surface area (Å²) in [6.45, 7) is 1.94. The number of hydrogen-bond acceptors (Lipinski definition) is 0. The van der Waals surface area contributed by atoms with Gasteiger partial charge in [-0.15, -0.1) is 23.2 Å². The quantitative estimate of drug-likeness (QED) is 0.669. The second-order valence-corrected chi connectivity index (χ2v) is 4.74. The van der Waals surface area contributed by atoms with Crippen LogP contribution < -0.4 is 0 Å². The topological polar surface area (TPSA) is 0 Å². The van der Waals surface area contributed by atoms with E-state index in [1.54, 1.807) is 0 Å². The summed E-state index contributed by atoms with van der Waals surface area (Å²) in [6, 6.07) is 11.1. The van der Waals surface area contributed by atoms with Gasteiger partial charge in [0.15, 0.2) is 0 Å². The maximum Gasteiger partial charge on any atom is 0.0497 e. The molecule has 1 aromatic rings. The first kappa shape index (κ1) is 11.9. The standard InChI is InChI=1S/C12H15Cl2/c1-10(13)12(14)9-5-8-11-6-3-2-4-7-11/h3-4,6-7,10,12H,5,8-9H2,1H3. The van der Waals surface area contributed by atoms with E-state index in [1.165, 1.54) is 5.56 Å². The molecule has 0 amide bonds. The summed E-state index contributed by atoms with van der Waals surface area (Å²) in [5.41, 5.74) is 1.34. The molecule has 1 aromatic carbocycles. The van der Waals surface area contributed by atoms with Crippen LogP contribution in [-0.2, 0) is 6.42 Å². The number of hydrogen-bond donors (Lipinski definition) is 0. The normalized spacial score (nSPS) is 15.1. The summed E-state index contributed by atoms with van der Waals surface area (Å²) in [5.74, 6) is 0. The average molecular weight is 230 g/mol. The second-order valence-electron chi connectivity index (χ2n) is 3.49. The van der Waals surface area contributed by atoms with Gasteiger partial charge in [-0.1, -0.05) is 24.3 Å². The van der Waals surface area contributed by atoms with Crippen molar-refractivity contribution in [1.29, 1.82) is 0 Å². The van der Waals surface area contributed by atoms with Gasteiger partial charge in [0.25, 0.3) is 0 Å². The van der Waals surface area contributed by atoms with Crippen molar-refractivity contribution in [3.8, 4) is 0 Å². The molecule has 0 aliphatic rings. The monoisotopic (exact) mass is 229 g/mol. The third kappa shape index (κ3) is 4.34. The Morgan fingerprint density at radius 3 is 2.50 bits per heavy atom. The lowest BCUT2D eigenvalue weighted by Gasteiger charge is -2.10. The fourth-order valence-electron chi connectivity index (χ4n) is 1.32. The average Bonchev–Trinajstić information content (AvgIpc) is 2.19. The van der Waals surface area contributed by atoms with Gasteiger partial charge in [0, 0.05) is 10.8 Å². The van der Waals surface area contributed by atoms with E-state index >= 15 is 0 Å². The van der Waals surface area contributed by atoms with Crippen molar-refractivity contribution in [1.82, 2.24) is 0 Å². The van der Waals surface area contributed by atoms with Gasteiger partial charge in [-0.2, -0.15) is 0 Å². The highest BCUT2D eigenvalue weighted by Gasteiger charge is 2.10. The zero-order valence-corrected chi connectivity index (χ0v) is 9.85. The lowest BCUT2D eigenvalue weighted by atomic mass is 10.1. The molecule has 1 radical (unpaired) electrons.